The van der Waals surface area contributed by atoms with Crippen molar-refractivity contribution in [3.63, 3.8) is 0 Å². The number of aryl methyl sites for hydroxylation is 1. The molecule has 0 saturated carbocycles. The van der Waals surface area contributed by atoms with Crippen molar-refractivity contribution in [1.82, 2.24) is 15.3 Å². The van der Waals surface area contributed by atoms with Crippen LogP contribution < -0.4 is 10.2 Å². The highest BCUT2D eigenvalue weighted by Crippen LogP contribution is 2.20. The smallest absolute Gasteiger partial charge is 0.270 e. The van der Waals surface area contributed by atoms with Crippen LogP contribution in [0, 0.1) is 12.8 Å². The molecule has 0 spiro atoms. The maximum Gasteiger partial charge on any atom is 0.270 e. The average molecular weight is 359 g/mol. The van der Waals surface area contributed by atoms with E-state index in [0.717, 1.165) is 30.8 Å². The summed E-state index contributed by atoms with van der Waals surface area (Å²) in [4.78, 5) is 23.7. The largest absolute Gasteiger partial charge is 0.347 e. The van der Waals surface area contributed by atoms with Crippen molar-refractivity contribution in [3.05, 3.63) is 52.3 Å². The van der Waals surface area contributed by atoms with Gasteiger partial charge in [-0.25, -0.2) is 9.97 Å². The Hall–Kier alpha value is -2.14. The Bertz CT molecular complexity index is 748. The molecule has 1 saturated heterocycles. The van der Waals surface area contributed by atoms with E-state index in [1.54, 1.807) is 6.07 Å². The average Bonchev–Trinajstić information content (AvgIpc) is 2.60. The van der Waals surface area contributed by atoms with E-state index in [1.807, 2.05) is 31.2 Å². The lowest BCUT2D eigenvalue weighted by molar-refractivity contribution is 0.0945. The standard InChI is InChI=1S/C19H23ClN4O/c1-13-4-3-9-24(12-13)19-22-14(2)10-17(23-19)18(25)21-11-15-5-7-16(20)8-6-15/h5-8,10,13H,3-4,9,11-12H2,1-2H3,(H,21,25). The number of benzene rings is 1. The van der Waals surface area contributed by atoms with Gasteiger partial charge in [-0.2, -0.15) is 0 Å². The van der Waals surface area contributed by atoms with Crippen LogP contribution in [0.1, 0.15) is 41.5 Å². The van der Waals surface area contributed by atoms with Gasteiger partial charge in [-0.05, 0) is 49.4 Å². The SMILES string of the molecule is Cc1cc(C(=O)NCc2ccc(Cl)cc2)nc(N2CCCC(C)C2)n1. The summed E-state index contributed by atoms with van der Waals surface area (Å²) < 4.78 is 0. The van der Waals surface area contributed by atoms with Crippen molar-refractivity contribution in [2.24, 2.45) is 5.92 Å². The molecule has 0 aliphatic carbocycles. The van der Waals surface area contributed by atoms with Crippen LogP contribution in [0.25, 0.3) is 0 Å². The maximum absolute atomic E-state index is 12.5. The zero-order valence-corrected chi connectivity index (χ0v) is 15.4. The summed E-state index contributed by atoms with van der Waals surface area (Å²) in [7, 11) is 0. The van der Waals surface area contributed by atoms with Gasteiger partial charge in [0.2, 0.25) is 5.95 Å². The second kappa shape index (κ2) is 7.83. The molecule has 5 nitrogen and oxygen atoms in total. The molecule has 1 atom stereocenters. The maximum atomic E-state index is 12.5. The van der Waals surface area contributed by atoms with E-state index >= 15 is 0 Å². The molecule has 1 aliphatic heterocycles. The molecule has 25 heavy (non-hydrogen) atoms. The first kappa shape index (κ1) is 17.7. The van der Waals surface area contributed by atoms with Crippen molar-refractivity contribution in [3.8, 4) is 0 Å². The second-order valence-corrected chi connectivity index (χ2v) is 7.13. The van der Waals surface area contributed by atoms with Crippen LogP contribution in [0.5, 0.6) is 0 Å². The number of hydrogen-bond acceptors (Lipinski definition) is 4. The van der Waals surface area contributed by atoms with Gasteiger partial charge in [-0.15, -0.1) is 0 Å². The first-order chi connectivity index (χ1) is 12.0. The number of carbonyl (C=O) groups is 1. The number of hydrogen-bond donors (Lipinski definition) is 1. The summed E-state index contributed by atoms with van der Waals surface area (Å²) in [5.41, 5.74) is 2.21. The number of aromatic nitrogens is 2. The van der Waals surface area contributed by atoms with Gasteiger partial charge in [0.15, 0.2) is 0 Å². The highest BCUT2D eigenvalue weighted by molar-refractivity contribution is 6.30. The quantitative estimate of drug-likeness (QED) is 0.907. The lowest BCUT2D eigenvalue weighted by Gasteiger charge is -2.31. The highest BCUT2D eigenvalue weighted by atomic mass is 35.5. The van der Waals surface area contributed by atoms with Crippen LogP contribution in [-0.2, 0) is 6.54 Å². The number of nitrogens with one attached hydrogen (secondary N) is 1. The number of carbonyl (C=O) groups excluding carboxylic acids is 1. The van der Waals surface area contributed by atoms with Crippen molar-refractivity contribution in [2.75, 3.05) is 18.0 Å². The van der Waals surface area contributed by atoms with Crippen molar-refractivity contribution < 1.29 is 4.79 Å². The van der Waals surface area contributed by atoms with Gasteiger partial charge in [0.1, 0.15) is 5.69 Å². The van der Waals surface area contributed by atoms with E-state index in [1.165, 1.54) is 6.42 Å². The van der Waals surface area contributed by atoms with Crippen LogP contribution in [0.4, 0.5) is 5.95 Å². The van der Waals surface area contributed by atoms with Crippen LogP contribution in [0.3, 0.4) is 0 Å². The van der Waals surface area contributed by atoms with Crippen molar-refractivity contribution >= 4 is 23.5 Å². The monoisotopic (exact) mass is 358 g/mol. The molecule has 1 amide bonds. The van der Waals surface area contributed by atoms with Crippen molar-refractivity contribution in [2.45, 2.75) is 33.2 Å². The molecule has 2 aromatic rings. The van der Waals surface area contributed by atoms with Crippen LogP contribution in [0.15, 0.2) is 30.3 Å². The fourth-order valence-electron chi connectivity index (χ4n) is 3.06. The van der Waals surface area contributed by atoms with Crippen LogP contribution in [0.2, 0.25) is 5.02 Å². The molecule has 1 unspecified atom stereocenters. The third-order valence-corrected chi connectivity index (χ3v) is 4.63. The minimum absolute atomic E-state index is 0.188. The Morgan fingerprint density at radius 1 is 1.32 bits per heavy atom. The molecule has 3 rings (SSSR count). The Kier molecular flexibility index (Phi) is 5.53. The molecular weight excluding hydrogens is 336 g/mol. The van der Waals surface area contributed by atoms with E-state index in [9.17, 15) is 4.79 Å². The molecule has 1 aromatic carbocycles. The summed E-state index contributed by atoms with van der Waals surface area (Å²) in [6.07, 6.45) is 2.37. The summed E-state index contributed by atoms with van der Waals surface area (Å²) in [5.74, 6) is 1.09. The Labute approximate surface area is 153 Å². The topological polar surface area (TPSA) is 58.1 Å². The van der Waals surface area contributed by atoms with Crippen LogP contribution in [-0.4, -0.2) is 29.0 Å². The predicted molar refractivity (Wildman–Crippen MR) is 100 cm³/mol. The molecule has 1 fully saturated rings. The van der Waals surface area contributed by atoms with E-state index in [0.29, 0.717) is 29.1 Å². The summed E-state index contributed by atoms with van der Waals surface area (Å²) in [6.45, 7) is 6.46. The molecule has 1 aliphatic rings. The minimum atomic E-state index is -0.188. The molecule has 0 bridgehead atoms. The Balaban J connectivity index is 1.70. The number of halogens is 1. The van der Waals surface area contributed by atoms with E-state index < -0.39 is 0 Å². The molecule has 2 heterocycles. The Morgan fingerprint density at radius 2 is 2.08 bits per heavy atom. The van der Waals surface area contributed by atoms with E-state index in [-0.39, 0.29) is 5.91 Å². The first-order valence-corrected chi connectivity index (χ1v) is 9.02. The first-order valence-electron chi connectivity index (χ1n) is 8.64. The third-order valence-electron chi connectivity index (χ3n) is 4.38. The normalized spacial score (nSPS) is 17.4. The molecule has 1 aromatic heterocycles. The lowest BCUT2D eigenvalue weighted by atomic mass is 10.0. The molecular formula is C19H23ClN4O. The van der Waals surface area contributed by atoms with Gasteiger partial charge in [-0.1, -0.05) is 30.7 Å². The van der Waals surface area contributed by atoms with Gasteiger partial charge in [-0.3, -0.25) is 4.79 Å². The zero-order valence-electron chi connectivity index (χ0n) is 14.6. The Morgan fingerprint density at radius 3 is 2.80 bits per heavy atom. The zero-order chi connectivity index (χ0) is 17.8. The third kappa shape index (κ3) is 4.69. The molecule has 6 heteroatoms. The summed E-state index contributed by atoms with van der Waals surface area (Å²) >= 11 is 5.88. The van der Waals surface area contributed by atoms with Crippen molar-refractivity contribution in [1.29, 1.82) is 0 Å². The minimum Gasteiger partial charge on any atom is -0.347 e. The molecule has 0 radical (unpaired) electrons. The van der Waals surface area contributed by atoms with Gasteiger partial charge < -0.3 is 10.2 Å². The number of rotatable bonds is 4. The lowest BCUT2D eigenvalue weighted by Crippen LogP contribution is -2.36. The van der Waals surface area contributed by atoms with Gasteiger partial charge in [0.25, 0.3) is 5.91 Å². The predicted octanol–water partition coefficient (Wildman–Crippen LogP) is 3.60. The highest BCUT2D eigenvalue weighted by Gasteiger charge is 2.20. The van der Waals surface area contributed by atoms with Gasteiger partial charge in [0, 0.05) is 30.4 Å². The van der Waals surface area contributed by atoms with E-state index in [2.05, 4.69) is 27.1 Å². The van der Waals surface area contributed by atoms with Gasteiger partial charge >= 0.3 is 0 Å². The number of piperidine rings is 1. The fourth-order valence-corrected chi connectivity index (χ4v) is 3.18. The van der Waals surface area contributed by atoms with Crippen LogP contribution >= 0.6 is 11.6 Å². The van der Waals surface area contributed by atoms with Gasteiger partial charge in [0.05, 0.1) is 0 Å². The summed E-state index contributed by atoms with van der Waals surface area (Å²) in [6, 6.07) is 9.15. The fraction of sp³-hybridized carbons (Fsp3) is 0.421. The number of amides is 1. The number of nitrogens with zero attached hydrogens (tertiary/aromatic N) is 3. The van der Waals surface area contributed by atoms with E-state index in [4.69, 9.17) is 11.6 Å². The second-order valence-electron chi connectivity index (χ2n) is 6.70. The number of anilines is 1. The molecule has 1 N–H and O–H groups in total. The molecule has 132 valence electrons. The summed E-state index contributed by atoms with van der Waals surface area (Å²) in [5, 5.41) is 3.59.